The first-order chi connectivity index (χ1) is 15.6. The Bertz CT molecular complexity index is 1200. The van der Waals surface area contributed by atoms with Crippen LogP contribution in [0.2, 0.25) is 0 Å². The van der Waals surface area contributed by atoms with Crippen molar-refractivity contribution in [1.82, 2.24) is 15.1 Å². The molecule has 1 aromatic heterocycles. The van der Waals surface area contributed by atoms with Crippen LogP contribution in [0.4, 0.5) is 26.3 Å². The van der Waals surface area contributed by atoms with Crippen LogP contribution in [-0.4, -0.2) is 39.6 Å². The molecule has 174 valence electrons. The molecule has 3 aromatic rings. The lowest BCUT2D eigenvalue weighted by atomic mass is 10.1. The number of carbonyl (C=O) groups excluding carboxylic acids is 1. The van der Waals surface area contributed by atoms with E-state index in [-0.39, 0.29) is 22.5 Å². The molecule has 0 radical (unpaired) electrons. The van der Waals surface area contributed by atoms with Crippen LogP contribution in [0, 0.1) is 5.82 Å². The minimum Gasteiger partial charge on any atom is -0.382 e. The van der Waals surface area contributed by atoms with Crippen LogP contribution in [0.25, 0.3) is 16.9 Å². The van der Waals surface area contributed by atoms with Gasteiger partial charge in [0.1, 0.15) is 11.4 Å². The van der Waals surface area contributed by atoms with Crippen molar-refractivity contribution in [3.8, 4) is 16.9 Å². The second kappa shape index (κ2) is 9.86. The van der Waals surface area contributed by atoms with Crippen LogP contribution >= 0.6 is 0 Å². The van der Waals surface area contributed by atoms with Crippen LogP contribution in [0.15, 0.2) is 59.4 Å². The molecule has 0 bridgehead atoms. The van der Waals surface area contributed by atoms with Gasteiger partial charge in [0, 0.05) is 11.1 Å². The quantitative estimate of drug-likeness (QED) is 0.407. The van der Waals surface area contributed by atoms with Gasteiger partial charge in [0.25, 0.3) is 24.3 Å². The Morgan fingerprint density at radius 1 is 1.00 bits per heavy atom. The first kappa shape index (κ1) is 24.0. The molecule has 0 fully saturated rings. The fourth-order valence-electron chi connectivity index (χ4n) is 2.80. The van der Waals surface area contributed by atoms with E-state index in [1.807, 2.05) is 0 Å². The highest BCUT2D eigenvalue weighted by Crippen LogP contribution is 2.24. The van der Waals surface area contributed by atoms with E-state index < -0.39 is 48.1 Å². The number of nitrogens with one attached hydrogen (secondary N) is 1. The second-order valence-electron chi connectivity index (χ2n) is 6.76. The molecule has 0 aliphatic heterocycles. The number of amides is 1. The highest BCUT2D eigenvalue weighted by atomic mass is 19.3. The SMILES string of the molecule is O=C(NC(F)[C@H](O)C(F)F)c1cc(-c2ccc(C(F)F)cc2)nn(-c2cccc(F)c2)c1=O. The molecule has 1 unspecified atom stereocenters. The predicted octanol–water partition coefficient (Wildman–Crippen LogP) is 3.63. The molecule has 33 heavy (non-hydrogen) atoms. The lowest BCUT2D eigenvalue weighted by Gasteiger charge is -2.17. The number of alkyl halides is 5. The lowest BCUT2D eigenvalue weighted by Crippen LogP contribution is -2.45. The number of benzene rings is 2. The fraction of sp³-hybridized carbons (Fsp3) is 0.190. The van der Waals surface area contributed by atoms with Crippen molar-refractivity contribution in [2.75, 3.05) is 0 Å². The third-order valence-electron chi connectivity index (χ3n) is 4.49. The number of rotatable bonds is 7. The van der Waals surface area contributed by atoms with Gasteiger partial charge in [0.15, 0.2) is 6.10 Å². The Hall–Kier alpha value is -3.67. The maximum absolute atomic E-state index is 13.8. The Morgan fingerprint density at radius 3 is 2.24 bits per heavy atom. The molecular formula is C21H15F6N3O3. The van der Waals surface area contributed by atoms with Crippen LogP contribution in [-0.2, 0) is 0 Å². The Morgan fingerprint density at radius 2 is 1.67 bits per heavy atom. The third kappa shape index (κ3) is 5.40. The summed E-state index contributed by atoms with van der Waals surface area (Å²) in [6.07, 6.45) is -12.0. The zero-order valence-electron chi connectivity index (χ0n) is 16.4. The van der Waals surface area contributed by atoms with Crippen molar-refractivity contribution in [2.45, 2.75) is 25.3 Å². The number of hydrogen-bond acceptors (Lipinski definition) is 4. The van der Waals surface area contributed by atoms with Gasteiger partial charge in [0.05, 0.1) is 11.4 Å². The number of hydrogen-bond donors (Lipinski definition) is 2. The van der Waals surface area contributed by atoms with E-state index in [0.29, 0.717) is 4.68 Å². The molecule has 1 amide bonds. The van der Waals surface area contributed by atoms with Crippen molar-refractivity contribution in [3.05, 3.63) is 81.9 Å². The summed E-state index contributed by atoms with van der Waals surface area (Å²) in [5.41, 5.74) is -2.30. The van der Waals surface area contributed by atoms with Crippen LogP contribution in [0.3, 0.4) is 0 Å². The van der Waals surface area contributed by atoms with E-state index >= 15 is 0 Å². The zero-order valence-corrected chi connectivity index (χ0v) is 16.4. The molecule has 2 atom stereocenters. The molecule has 6 nitrogen and oxygen atoms in total. The van der Waals surface area contributed by atoms with E-state index in [0.717, 1.165) is 30.3 Å². The molecule has 0 saturated heterocycles. The number of nitrogens with zero attached hydrogens (tertiary/aromatic N) is 2. The van der Waals surface area contributed by atoms with Gasteiger partial charge in [-0.2, -0.15) is 9.78 Å². The van der Waals surface area contributed by atoms with Gasteiger partial charge < -0.3 is 10.4 Å². The number of aliphatic hydroxyl groups is 1. The van der Waals surface area contributed by atoms with Crippen LogP contribution in [0.1, 0.15) is 22.3 Å². The van der Waals surface area contributed by atoms with E-state index in [9.17, 15) is 35.9 Å². The minimum atomic E-state index is -3.51. The highest BCUT2D eigenvalue weighted by Gasteiger charge is 2.30. The van der Waals surface area contributed by atoms with E-state index in [2.05, 4.69) is 5.10 Å². The van der Waals surface area contributed by atoms with Gasteiger partial charge in [-0.3, -0.25) is 9.59 Å². The summed E-state index contributed by atoms with van der Waals surface area (Å²) in [7, 11) is 0. The summed E-state index contributed by atoms with van der Waals surface area (Å²) in [6, 6.07) is 10.0. The molecular weight excluding hydrogens is 456 g/mol. The summed E-state index contributed by atoms with van der Waals surface area (Å²) in [5, 5.41) is 14.6. The number of halogens is 6. The van der Waals surface area contributed by atoms with E-state index in [1.54, 1.807) is 0 Å². The van der Waals surface area contributed by atoms with Crippen molar-refractivity contribution < 1.29 is 36.2 Å². The average molecular weight is 471 g/mol. The minimum absolute atomic E-state index is 0.116. The molecule has 12 heteroatoms. The molecule has 1 heterocycles. The van der Waals surface area contributed by atoms with Gasteiger partial charge >= 0.3 is 0 Å². The maximum atomic E-state index is 13.8. The van der Waals surface area contributed by atoms with Gasteiger partial charge in [-0.05, 0) is 24.3 Å². The first-order valence-corrected chi connectivity index (χ1v) is 9.28. The maximum Gasteiger partial charge on any atom is 0.284 e. The van der Waals surface area contributed by atoms with Gasteiger partial charge in [-0.1, -0.05) is 30.3 Å². The molecule has 0 aliphatic rings. The number of aliphatic hydroxyl groups excluding tert-OH is 1. The monoisotopic (exact) mass is 471 g/mol. The first-order valence-electron chi connectivity index (χ1n) is 9.28. The van der Waals surface area contributed by atoms with Gasteiger partial charge in [-0.15, -0.1) is 0 Å². The molecule has 0 saturated carbocycles. The summed E-state index contributed by atoms with van der Waals surface area (Å²) in [4.78, 5) is 25.3. The van der Waals surface area contributed by atoms with Crippen LogP contribution < -0.4 is 10.9 Å². The Balaban J connectivity index is 2.12. The van der Waals surface area contributed by atoms with E-state index in [1.165, 1.54) is 29.6 Å². The summed E-state index contributed by atoms with van der Waals surface area (Å²) in [5.74, 6) is -2.20. The molecule has 0 aliphatic carbocycles. The summed E-state index contributed by atoms with van der Waals surface area (Å²) < 4.78 is 78.8. The molecule has 2 N–H and O–H groups in total. The van der Waals surface area contributed by atoms with Crippen molar-refractivity contribution in [3.63, 3.8) is 0 Å². The average Bonchev–Trinajstić information content (AvgIpc) is 2.78. The zero-order chi connectivity index (χ0) is 24.3. The molecule has 3 rings (SSSR count). The van der Waals surface area contributed by atoms with Crippen LogP contribution in [0.5, 0.6) is 0 Å². The standard InChI is InChI=1S/C21H15F6N3O3/c22-12-2-1-3-13(8-12)30-21(33)14(20(32)28-19(27)16(31)18(25)26)9-15(29-30)10-4-6-11(7-5-10)17(23)24/h1-9,16-19,31H,(H,28,32)/t16-,19?/m1/s1. The normalized spacial score (nSPS) is 13.2. The fourth-order valence-corrected chi connectivity index (χ4v) is 2.80. The molecule has 0 spiro atoms. The lowest BCUT2D eigenvalue weighted by molar-refractivity contribution is -0.0551. The number of carbonyl (C=O) groups is 1. The van der Waals surface area contributed by atoms with Crippen molar-refractivity contribution in [2.24, 2.45) is 0 Å². The predicted molar refractivity (Wildman–Crippen MR) is 105 cm³/mol. The summed E-state index contributed by atoms with van der Waals surface area (Å²) in [6.45, 7) is 0. The second-order valence-corrected chi connectivity index (χ2v) is 6.76. The third-order valence-corrected chi connectivity index (χ3v) is 4.49. The number of aromatic nitrogens is 2. The van der Waals surface area contributed by atoms with E-state index in [4.69, 9.17) is 5.11 Å². The van der Waals surface area contributed by atoms with Gasteiger partial charge in [0.2, 0.25) is 6.30 Å². The molecule has 2 aromatic carbocycles. The van der Waals surface area contributed by atoms with Crippen molar-refractivity contribution in [1.29, 1.82) is 0 Å². The summed E-state index contributed by atoms with van der Waals surface area (Å²) >= 11 is 0. The van der Waals surface area contributed by atoms with Gasteiger partial charge in [-0.25, -0.2) is 26.3 Å². The Labute approximate surface area is 182 Å². The van der Waals surface area contributed by atoms with Crippen molar-refractivity contribution >= 4 is 5.91 Å². The largest absolute Gasteiger partial charge is 0.382 e. The topological polar surface area (TPSA) is 84.2 Å². The smallest absolute Gasteiger partial charge is 0.284 e. The Kier molecular flexibility index (Phi) is 7.16. The highest BCUT2D eigenvalue weighted by molar-refractivity contribution is 5.95.